The van der Waals surface area contributed by atoms with Crippen molar-refractivity contribution in [2.75, 3.05) is 6.61 Å². The number of rotatable bonds is 6. The summed E-state index contributed by atoms with van der Waals surface area (Å²) in [5.41, 5.74) is 1.71. The molecule has 3 nitrogen and oxygen atoms in total. The number of carbonyl (C=O) groups is 1. The predicted molar refractivity (Wildman–Crippen MR) is 67.0 cm³/mol. The molecule has 0 bridgehead atoms. The van der Waals surface area contributed by atoms with Crippen molar-refractivity contribution in [2.24, 2.45) is 0 Å². The second-order valence-corrected chi connectivity index (χ2v) is 4.02. The van der Waals surface area contributed by atoms with Crippen molar-refractivity contribution < 1.29 is 14.6 Å². The van der Waals surface area contributed by atoms with Crippen LogP contribution in [-0.2, 0) is 11.2 Å². The van der Waals surface area contributed by atoms with Gasteiger partial charge in [-0.15, -0.1) is 0 Å². The molecule has 0 saturated heterocycles. The van der Waals surface area contributed by atoms with E-state index in [4.69, 9.17) is 4.74 Å². The van der Waals surface area contributed by atoms with E-state index in [-0.39, 0.29) is 12.1 Å². The van der Waals surface area contributed by atoms with Gasteiger partial charge in [-0.2, -0.15) is 0 Å². The van der Waals surface area contributed by atoms with Crippen LogP contribution in [0, 0.1) is 0 Å². The summed E-state index contributed by atoms with van der Waals surface area (Å²) in [7, 11) is 0. The Morgan fingerprint density at radius 3 is 2.47 bits per heavy atom. The normalized spacial score (nSPS) is 12.2. The highest BCUT2D eigenvalue weighted by atomic mass is 16.5. The van der Waals surface area contributed by atoms with Crippen molar-refractivity contribution in [1.82, 2.24) is 0 Å². The average molecular weight is 236 g/mol. The average Bonchev–Trinajstić information content (AvgIpc) is 2.36. The quantitative estimate of drug-likeness (QED) is 0.772. The lowest BCUT2D eigenvalue weighted by molar-refractivity contribution is 0.0526. The molecule has 3 heteroatoms. The largest absolute Gasteiger partial charge is 0.462 e. The van der Waals surface area contributed by atoms with E-state index in [1.165, 1.54) is 0 Å². The molecule has 0 aliphatic rings. The molecule has 0 amide bonds. The highest BCUT2D eigenvalue weighted by Crippen LogP contribution is 2.10. The third-order valence-corrected chi connectivity index (χ3v) is 2.70. The molecule has 0 aliphatic heterocycles. The van der Waals surface area contributed by atoms with Crippen LogP contribution in [0.4, 0.5) is 0 Å². The van der Waals surface area contributed by atoms with Crippen LogP contribution in [0.2, 0.25) is 0 Å². The molecular formula is C14H20O3. The minimum Gasteiger partial charge on any atom is -0.462 e. The number of hydrogen-bond acceptors (Lipinski definition) is 3. The molecule has 0 heterocycles. The number of ether oxygens (including phenoxy) is 1. The first kappa shape index (κ1) is 13.7. The van der Waals surface area contributed by atoms with Crippen LogP contribution in [0.15, 0.2) is 24.3 Å². The fourth-order valence-electron chi connectivity index (χ4n) is 1.56. The summed E-state index contributed by atoms with van der Waals surface area (Å²) in [6, 6.07) is 7.36. The molecule has 1 aromatic carbocycles. The zero-order valence-electron chi connectivity index (χ0n) is 10.5. The Labute approximate surface area is 102 Å². The maximum absolute atomic E-state index is 11.4. The fraction of sp³-hybridized carbons (Fsp3) is 0.500. The smallest absolute Gasteiger partial charge is 0.338 e. The third-order valence-electron chi connectivity index (χ3n) is 2.70. The molecule has 1 rings (SSSR count). The van der Waals surface area contributed by atoms with Crippen LogP contribution in [0.1, 0.15) is 42.6 Å². The molecule has 0 radical (unpaired) electrons. The molecule has 17 heavy (non-hydrogen) atoms. The van der Waals surface area contributed by atoms with Gasteiger partial charge in [-0.1, -0.05) is 19.1 Å². The molecule has 0 spiro atoms. The van der Waals surface area contributed by atoms with Crippen LogP contribution in [0.3, 0.4) is 0 Å². The zero-order valence-corrected chi connectivity index (χ0v) is 10.5. The van der Waals surface area contributed by atoms with E-state index in [9.17, 15) is 9.90 Å². The van der Waals surface area contributed by atoms with Gasteiger partial charge >= 0.3 is 5.97 Å². The summed E-state index contributed by atoms with van der Waals surface area (Å²) in [6.45, 7) is 4.15. The molecule has 1 atom stereocenters. The van der Waals surface area contributed by atoms with Crippen molar-refractivity contribution >= 4 is 5.97 Å². The monoisotopic (exact) mass is 236 g/mol. The van der Waals surface area contributed by atoms with E-state index >= 15 is 0 Å². The Morgan fingerprint density at radius 2 is 1.94 bits per heavy atom. The summed E-state index contributed by atoms with van der Waals surface area (Å²) in [4.78, 5) is 11.4. The molecule has 0 aromatic heterocycles. The van der Waals surface area contributed by atoms with E-state index in [1.807, 2.05) is 19.1 Å². The minimum atomic E-state index is -0.285. The first-order valence-electron chi connectivity index (χ1n) is 6.11. The first-order chi connectivity index (χ1) is 8.17. The van der Waals surface area contributed by atoms with Crippen molar-refractivity contribution in [3.05, 3.63) is 35.4 Å². The van der Waals surface area contributed by atoms with Gasteiger partial charge in [-0.3, -0.25) is 0 Å². The number of hydrogen-bond donors (Lipinski definition) is 1. The van der Waals surface area contributed by atoms with Crippen LogP contribution in [0.5, 0.6) is 0 Å². The minimum absolute atomic E-state index is 0.236. The van der Waals surface area contributed by atoms with Gasteiger partial charge in [0, 0.05) is 0 Å². The van der Waals surface area contributed by atoms with Crippen LogP contribution >= 0.6 is 0 Å². The number of esters is 1. The Kier molecular flexibility index (Phi) is 5.70. The first-order valence-corrected chi connectivity index (χ1v) is 6.11. The summed E-state index contributed by atoms with van der Waals surface area (Å²) in [5, 5.41) is 9.46. The van der Waals surface area contributed by atoms with Crippen molar-refractivity contribution in [3.8, 4) is 0 Å². The number of aliphatic hydroxyl groups excluding tert-OH is 1. The second kappa shape index (κ2) is 7.07. The standard InChI is InChI=1S/C14H20O3/c1-3-13(15)10-7-11-5-8-12(9-6-11)14(16)17-4-2/h5-6,8-9,13,15H,3-4,7,10H2,1-2H3. The number of aryl methyl sites for hydroxylation is 1. The molecule has 1 unspecified atom stereocenters. The number of benzene rings is 1. The van der Waals surface area contributed by atoms with Gasteiger partial charge in [0.05, 0.1) is 18.3 Å². The summed E-state index contributed by atoms with van der Waals surface area (Å²) >= 11 is 0. The summed E-state index contributed by atoms with van der Waals surface area (Å²) < 4.78 is 4.90. The Morgan fingerprint density at radius 1 is 1.29 bits per heavy atom. The van der Waals surface area contributed by atoms with Crippen LogP contribution in [0.25, 0.3) is 0 Å². The third kappa shape index (κ3) is 4.57. The van der Waals surface area contributed by atoms with Crippen LogP contribution < -0.4 is 0 Å². The van der Waals surface area contributed by atoms with Crippen molar-refractivity contribution in [2.45, 2.75) is 39.2 Å². The van der Waals surface area contributed by atoms with Crippen molar-refractivity contribution in [3.63, 3.8) is 0 Å². The van der Waals surface area contributed by atoms with E-state index < -0.39 is 0 Å². The molecule has 0 saturated carbocycles. The molecule has 1 N–H and O–H groups in total. The highest BCUT2D eigenvalue weighted by Gasteiger charge is 2.06. The van der Waals surface area contributed by atoms with Gasteiger partial charge in [0.1, 0.15) is 0 Å². The van der Waals surface area contributed by atoms with Gasteiger partial charge in [-0.05, 0) is 43.9 Å². The predicted octanol–water partition coefficient (Wildman–Crippen LogP) is 2.57. The maximum Gasteiger partial charge on any atom is 0.338 e. The van der Waals surface area contributed by atoms with Gasteiger partial charge in [0.25, 0.3) is 0 Å². The molecule has 0 fully saturated rings. The van der Waals surface area contributed by atoms with E-state index in [1.54, 1.807) is 19.1 Å². The number of carbonyl (C=O) groups excluding carboxylic acids is 1. The zero-order chi connectivity index (χ0) is 12.7. The lowest BCUT2D eigenvalue weighted by Crippen LogP contribution is -2.06. The second-order valence-electron chi connectivity index (χ2n) is 4.02. The summed E-state index contributed by atoms with van der Waals surface area (Å²) in [5.74, 6) is -0.285. The fourth-order valence-corrected chi connectivity index (χ4v) is 1.56. The molecular weight excluding hydrogens is 216 g/mol. The van der Waals surface area contributed by atoms with E-state index in [0.717, 1.165) is 24.8 Å². The Bertz CT molecular complexity index is 343. The van der Waals surface area contributed by atoms with Gasteiger partial charge in [0.15, 0.2) is 0 Å². The van der Waals surface area contributed by atoms with Gasteiger partial charge < -0.3 is 9.84 Å². The lowest BCUT2D eigenvalue weighted by atomic mass is 10.0. The van der Waals surface area contributed by atoms with Crippen molar-refractivity contribution in [1.29, 1.82) is 0 Å². The Balaban J connectivity index is 2.53. The lowest BCUT2D eigenvalue weighted by Gasteiger charge is -2.07. The van der Waals surface area contributed by atoms with Gasteiger partial charge in [-0.25, -0.2) is 4.79 Å². The van der Waals surface area contributed by atoms with E-state index in [2.05, 4.69) is 0 Å². The van der Waals surface area contributed by atoms with Gasteiger partial charge in [0.2, 0.25) is 0 Å². The topological polar surface area (TPSA) is 46.5 Å². The molecule has 1 aromatic rings. The molecule has 94 valence electrons. The Hall–Kier alpha value is -1.35. The van der Waals surface area contributed by atoms with Crippen LogP contribution in [-0.4, -0.2) is 23.8 Å². The summed E-state index contributed by atoms with van der Waals surface area (Å²) in [6.07, 6.45) is 2.13. The van der Waals surface area contributed by atoms with E-state index in [0.29, 0.717) is 12.2 Å². The number of aliphatic hydroxyl groups is 1. The highest BCUT2D eigenvalue weighted by molar-refractivity contribution is 5.89. The maximum atomic E-state index is 11.4. The SMILES string of the molecule is CCOC(=O)c1ccc(CCC(O)CC)cc1. The molecule has 0 aliphatic carbocycles.